The fourth-order valence-electron chi connectivity index (χ4n) is 0.861. The van der Waals surface area contributed by atoms with E-state index in [1.807, 2.05) is 13.8 Å². The molecule has 0 atom stereocenters. The zero-order valence-corrected chi connectivity index (χ0v) is 9.49. The molecule has 1 rings (SSSR count). The number of halogens is 1. The number of aromatic hydroxyl groups is 1. The van der Waals surface area contributed by atoms with Gasteiger partial charge >= 0.3 is 0 Å². The van der Waals surface area contributed by atoms with E-state index in [0.717, 1.165) is 0 Å². The summed E-state index contributed by atoms with van der Waals surface area (Å²) in [4.78, 5) is 5.04. The van der Waals surface area contributed by atoms with Crippen LogP contribution >= 0.6 is 11.6 Å². The van der Waals surface area contributed by atoms with Gasteiger partial charge in [0.05, 0.1) is 11.3 Å². The molecule has 82 valence electrons. The Morgan fingerprint density at radius 2 is 2.20 bits per heavy atom. The van der Waals surface area contributed by atoms with Crippen molar-refractivity contribution >= 4 is 17.3 Å². The Morgan fingerprint density at radius 1 is 1.53 bits per heavy atom. The van der Waals surface area contributed by atoms with Crippen molar-refractivity contribution in [3.63, 3.8) is 0 Å². The zero-order chi connectivity index (χ0) is 11.4. The summed E-state index contributed by atoms with van der Waals surface area (Å²) in [6.07, 6.45) is -0.0210. The molecule has 0 aliphatic heterocycles. The number of aromatic nitrogens is 2. The minimum absolute atomic E-state index is 0.0210. The maximum Gasteiger partial charge on any atom is 0.240 e. The minimum Gasteiger partial charge on any atom is -0.492 e. The molecule has 15 heavy (non-hydrogen) atoms. The standard InChI is InChI=1S/C9H12ClN3O2/c1-5(2)15-13-6(3)7-4-8(10)11-12-9(7)14/h4-5H,1-3H3,(H,12,14)/b13-6+. The van der Waals surface area contributed by atoms with E-state index in [1.54, 1.807) is 6.92 Å². The molecule has 6 heteroatoms. The molecule has 0 fully saturated rings. The predicted octanol–water partition coefficient (Wildman–Crippen LogP) is 1.98. The van der Waals surface area contributed by atoms with Gasteiger partial charge in [-0.1, -0.05) is 16.8 Å². The minimum atomic E-state index is -0.215. The predicted molar refractivity (Wildman–Crippen MR) is 57.1 cm³/mol. The lowest BCUT2D eigenvalue weighted by atomic mass is 10.2. The molecule has 0 bridgehead atoms. The average Bonchev–Trinajstić information content (AvgIpc) is 2.18. The van der Waals surface area contributed by atoms with E-state index in [1.165, 1.54) is 6.07 Å². The second kappa shape index (κ2) is 4.93. The van der Waals surface area contributed by atoms with E-state index in [4.69, 9.17) is 16.4 Å². The molecular weight excluding hydrogens is 218 g/mol. The monoisotopic (exact) mass is 229 g/mol. The topological polar surface area (TPSA) is 67.6 Å². The molecule has 0 saturated heterocycles. The third-order valence-corrected chi connectivity index (χ3v) is 1.72. The normalized spacial score (nSPS) is 11.9. The largest absolute Gasteiger partial charge is 0.492 e. The van der Waals surface area contributed by atoms with Gasteiger partial charge in [-0.05, 0) is 26.8 Å². The van der Waals surface area contributed by atoms with E-state index < -0.39 is 0 Å². The third-order valence-electron chi connectivity index (χ3n) is 1.53. The lowest BCUT2D eigenvalue weighted by Crippen LogP contribution is -2.03. The first-order valence-electron chi connectivity index (χ1n) is 4.43. The van der Waals surface area contributed by atoms with Crippen LogP contribution in [0.1, 0.15) is 26.3 Å². The Morgan fingerprint density at radius 3 is 2.80 bits per heavy atom. The summed E-state index contributed by atoms with van der Waals surface area (Å²) in [5.74, 6) is -0.215. The SMILES string of the molecule is C/C(=N\OC(C)C)c1cc(Cl)nnc1O. The average molecular weight is 230 g/mol. The van der Waals surface area contributed by atoms with Crippen LogP contribution in [0.15, 0.2) is 11.2 Å². The van der Waals surface area contributed by atoms with Crippen molar-refractivity contribution in [3.05, 3.63) is 16.8 Å². The molecule has 1 aromatic rings. The van der Waals surface area contributed by atoms with Crippen LogP contribution in [0.3, 0.4) is 0 Å². The summed E-state index contributed by atoms with van der Waals surface area (Å²) in [6.45, 7) is 5.40. The molecule has 0 radical (unpaired) electrons. The molecule has 1 heterocycles. The van der Waals surface area contributed by atoms with Crippen LogP contribution in [0.2, 0.25) is 5.15 Å². The maximum atomic E-state index is 9.40. The summed E-state index contributed by atoms with van der Waals surface area (Å²) in [6, 6.07) is 1.48. The van der Waals surface area contributed by atoms with Gasteiger partial charge in [-0.15, -0.1) is 10.2 Å². The van der Waals surface area contributed by atoms with Crippen molar-refractivity contribution < 1.29 is 9.94 Å². The van der Waals surface area contributed by atoms with Crippen molar-refractivity contribution in [1.82, 2.24) is 10.2 Å². The van der Waals surface area contributed by atoms with Crippen LogP contribution in [0.5, 0.6) is 5.88 Å². The summed E-state index contributed by atoms with van der Waals surface area (Å²) in [7, 11) is 0. The number of hydrogen-bond acceptors (Lipinski definition) is 5. The molecule has 0 aliphatic rings. The Kier molecular flexibility index (Phi) is 3.85. The van der Waals surface area contributed by atoms with Crippen LogP contribution in [0.4, 0.5) is 0 Å². The van der Waals surface area contributed by atoms with Crippen molar-refractivity contribution in [2.24, 2.45) is 5.16 Å². The van der Waals surface area contributed by atoms with Gasteiger partial charge < -0.3 is 9.94 Å². The van der Waals surface area contributed by atoms with Crippen LogP contribution in [0.25, 0.3) is 0 Å². The summed E-state index contributed by atoms with van der Waals surface area (Å²) >= 11 is 5.64. The summed E-state index contributed by atoms with van der Waals surface area (Å²) in [5, 5.41) is 20.4. The molecule has 1 N–H and O–H groups in total. The van der Waals surface area contributed by atoms with Crippen molar-refractivity contribution in [1.29, 1.82) is 0 Å². The van der Waals surface area contributed by atoms with Gasteiger partial charge in [-0.3, -0.25) is 0 Å². The van der Waals surface area contributed by atoms with Crippen LogP contribution in [0, 0.1) is 0 Å². The molecular formula is C9H12ClN3O2. The van der Waals surface area contributed by atoms with Gasteiger partial charge in [0, 0.05) is 0 Å². The Hall–Kier alpha value is -1.36. The van der Waals surface area contributed by atoms with Crippen molar-refractivity contribution in [3.8, 4) is 5.88 Å². The fourth-order valence-corrected chi connectivity index (χ4v) is 1.01. The first-order valence-corrected chi connectivity index (χ1v) is 4.81. The van der Waals surface area contributed by atoms with Gasteiger partial charge in [-0.25, -0.2) is 0 Å². The van der Waals surface area contributed by atoms with Crippen LogP contribution in [-0.2, 0) is 4.84 Å². The molecule has 5 nitrogen and oxygen atoms in total. The maximum absolute atomic E-state index is 9.40. The van der Waals surface area contributed by atoms with Crippen molar-refractivity contribution in [2.75, 3.05) is 0 Å². The smallest absolute Gasteiger partial charge is 0.240 e. The zero-order valence-electron chi connectivity index (χ0n) is 8.73. The molecule has 0 spiro atoms. The Labute approximate surface area is 92.7 Å². The van der Waals surface area contributed by atoms with Crippen LogP contribution < -0.4 is 0 Å². The van der Waals surface area contributed by atoms with Gasteiger partial charge in [0.2, 0.25) is 5.88 Å². The summed E-state index contributed by atoms with van der Waals surface area (Å²) in [5.41, 5.74) is 0.911. The van der Waals surface area contributed by atoms with E-state index in [2.05, 4.69) is 15.4 Å². The van der Waals surface area contributed by atoms with E-state index in [9.17, 15) is 5.11 Å². The first kappa shape index (κ1) is 11.7. The third kappa shape index (κ3) is 3.36. The highest BCUT2D eigenvalue weighted by Crippen LogP contribution is 2.16. The van der Waals surface area contributed by atoms with E-state index in [-0.39, 0.29) is 17.1 Å². The quantitative estimate of drug-likeness (QED) is 0.636. The van der Waals surface area contributed by atoms with E-state index >= 15 is 0 Å². The number of hydrogen-bond donors (Lipinski definition) is 1. The lowest BCUT2D eigenvalue weighted by Gasteiger charge is -2.05. The van der Waals surface area contributed by atoms with E-state index in [0.29, 0.717) is 11.3 Å². The van der Waals surface area contributed by atoms with Crippen molar-refractivity contribution in [2.45, 2.75) is 26.9 Å². The van der Waals surface area contributed by atoms with Gasteiger partial charge in [-0.2, -0.15) is 0 Å². The highest BCUT2D eigenvalue weighted by molar-refractivity contribution is 6.29. The summed E-state index contributed by atoms with van der Waals surface area (Å²) < 4.78 is 0. The number of rotatable bonds is 3. The van der Waals surface area contributed by atoms with Gasteiger partial charge in [0.25, 0.3) is 0 Å². The van der Waals surface area contributed by atoms with Gasteiger partial charge in [0.15, 0.2) is 5.15 Å². The highest BCUT2D eigenvalue weighted by Gasteiger charge is 2.08. The van der Waals surface area contributed by atoms with Crippen LogP contribution in [-0.4, -0.2) is 27.1 Å². The first-order chi connectivity index (χ1) is 7.00. The Bertz CT molecular complexity index is 380. The highest BCUT2D eigenvalue weighted by atomic mass is 35.5. The number of oxime groups is 1. The second-order valence-corrected chi connectivity index (χ2v) is 3.62. The molecule has 0 amide bonds. The van der Waals surface area contributed by atoms with Gasteiger partial charge in [0.1, 0.15) is 6.10 Å². The molecule has 1 aromatic heterocycles. The molecule has 0 aliphatic carbocycles. The molecule has 0 unspecified atom stereocenters. The Balaban J connectivity index is 2.94. The second-order valence-electron chi connectivity index (χ2n) is 3.24. The molecule has 0 aromatic carbocycles. The number of nitrogens with zero attached hydrogens (tertiary/aromatic N) is 3. The lowest BCUT2D eigenvalue weighted by molar-refractivity contribution is 0.0859. The molecule has 0 saturated carbocycles. The fraction of sp³-hybridized carbons (Fsp3) is 0.444.